The van der Waals surface area contributed by atoms with E-state index < -0.39 is 0 Å². The van der Waals surface area contributed by atoms with Gasteiger partial charge in [-0.2, -0.15) is 0 Å². The van der Waals surface area contributed by atoms with Crippen LogP contribution in [0, 0.1) is 0 Å². The van der Waals surface area contributed by atoms with Crippen LogP contribution in [0.1, 0.15) is 17.5 Å². The second-order valence-electron chi connectivity index (χ2n) is 17.6. The average molecular weight is 1090 g/mol. The zero-order valence-electron chi connectivity index (χ0n) is 43.1. The van der Waals surface area contributed by atoms with Crippen molar-refractivity contribution in [2.24, 2.45) is 5.73 Å². The van der Waals surface area contributed by atoms with Crippen LogP contribution in [-0.4, -0.2) is 64.3 Å². The standard InChI is InChI=1S/C25H27N5O.C22H18ClN3O.C15H10Cl2N2O/c1-31-20-10-8-19(9-11-20)22-16-23-21(25(30-22)27-15-5-14-26)12-13-24(29-23)28-17-18-6-3-2-4-7-18;1-27-17-9-7-16(8-10-17)19-13-20-18(22(23)26-19)11-12-21(25-20)24-14-15-5-3-2-4-6-15;1-20-10-4-2-9(3-5-10)12-8-13-11(15(17)19-12)6-7-14(16)18-13/h2-4,6-13,16H,5,14-15,17,26H2,1H3,(H,27,30)(H,28,29);2-13H,14H2,1H3,(H,24,25);2-8H,1H3. The minimum Gasteiger partial charge on any atom is -0.497 e. The maximum absolute atomic E-state index is 6.40. The van der Waals surface area contributed by atoms with Gasteiger partial charge in [0.25, 0.3) is 0 Å². The highest BCUT2D eigenvalue weighted by atomic mass is 35.5. The molecule has 0 spiro atoms. The summed E-state index contributed by atoms with van der Waals surface area (Å²) >= 11 is 18.5. The zero-order chi connectivity index (χ0) is 54.2. The zero-order valence-corrected chi connectivity index (χ0v) is 45.3. The van der Waals surface area contributed by atoms with Crippen LogP contribution in [0.4, 0.5) is 17.5 Å². The molecule has 0 saturated carbocycles. The van der Waals surface area contributed by atoms with Gasteiger partial charge in [-0.05, 0) is 151 Å². The summed E-state index contributed by atoms with van der Waals surface area (Å²) in [6, 6.07) is 61.0. The Bertz CT molecular complexity index is 3750. The van der Waals surface area contributed by atoms with Crippen LogP contribution in [0.25, 0.3) is 66.5 Å². The van der Waals surface area contributed by atoms with Crippen LogP contribution in [0.3, 0.4) is 0 Å². The number of hydrogen-bond acceptors (Lipinski definition) is 13. The largest absolute Gasteiger partial charge is 0.497 e. The summed E-state index contributed by atoms with van der Waals surface area (Å²) in [5.74, 6) is 4.86. The Morgan fingerprint density at radius 1 is 0.410 bits per heavy atom. The topological polar surface area (TPSA) is 167 Å². The van der Waals surface area contributed by atoms with Crippen LogP contribution < -0.4 is 35.9 Å². The Kier molecular flexibility index (Phi) is 18.4. The smallest absolute Gasteiger partial charge is 0.139 e. The molecular weight excluding hydrogens is 1040 g/mol. The second-order valence-corrected chi connectivity index (χ2v) is 18.7. The van der Waals surface area contributed by atoms with Gasteiger partial charge in [0.15, 0.2) is 0 Å². The van der Waals surface area contributed by atoms with Gasteiger partial charge in [-0.1, -0.05) is 95.5 Å². The molecule has 0 atom stereocenters. The van der Waals surface area contributed by atoms with Crippen molar-refractivity contribution in [2.75, 3.05) is 50.4 Å². The third-order valence-electron chi connectivity index (χ3n) is 12.4. The molecule has 0 aliphatic carbocycles. The number of hydrogen-bond donors (Lipinski definition) is 4. The molecule has 0 aliphatic heterocycles. The van der Waals surface area contributed by atoms with Gasteiger partial charge in [0.05, 0.1) is 55.0 Å². The minimum atomic E-state index is 0.414. The van der Waals surface area contributed by atoms with Crippen LogP contribution in [0.15, 0.2) is 188 Å². The van der Waals surface area contributed by atoms with Crippen LogP contribution in [0.5, 0.6) is 17.2 Å². The van der Waals surface area contributed by atoms with E-state index in [2.05, 4.69) is 61.2 Å². The first kappa shape index (κ1) is 54.2. The monoisotopic (exact) mass is 1090 g/mol. The lowest BCUT2D eigenvalue weighted by Gasteiger charge is -2.13. The number of methoxy groups -OCH3 is 3. The van der Waals surface area contributed by atoms with E-state index in [0.717, 1.165) is 121 Å². The maximum Gasteiger partial charge on any atom is 0.139 e. The molecule has 11 rings (SSSR count). The van der Waals surface area contributed by atoms with Crippen molar-refractivity contribution in [3.63, 3.8) is 0 Å². The van der Waals surface area contributed by atoms with Crippen molar-refractivity contribution >= 4 is 85.0 Å². The molecule has 5 N–H and O–H groups in total. The molecule has 0 radical (unpaired) electrons. The number of nitrogens with zero attached hydrogens (tertiary/aromatic N) is 6. The van der Waals surface area contributed by atoms with Crippen LogP contribution >= 0.6 is 34.8 Å². The fraction of sp³-hybridized carbons (Fsp3) is 0.129. The van der Waals surface area contributed by atoms with E-state index in [1.54, 1.807) is 27.4 Å². The number of halogens is 3. The Labute approximate surface area is 467 Å². The van der Waals surface area contributed by atoms with Crippen molar-refractivity contribution in [3.8, 4) is 51.0 Å². The average Bonchev–Trinajstić information content (AvgIpc) is 3.58. The fourth-order valence-electron chi connectivity index (χ4n) is 8.22. The Morgan fingerprint density at radius 3 is 1.24 bits per heavy atom. The van der Waals surface area contributed by atoms with E-state index in [9.17, 15) is 0 Å². The van der Waals surface area contributed by atoms with Gasteiger partial charge in [0.2, 0.25) is 0 Å². The number of nitrogens with one attached hydrogen (secondary N) is 3. The van der Waals surface area contributed by atoms with Crippen molar-refractivity contribution in [1.29, 1.82) is 0 Å². The van der Waals surface area contributed by atoms with E-state index in [4.69, 9.17) is 69.7 Å². The highest BCUT2D eigenvalue weighted by Crippen LogP contribution is 2.32. The third-order valence-corrected chi connectivity index (χ3v) is 13.2. The van der Waals surface area contributed by atoms with Crippen molar-refractivity contribution in [1.82, 2.24) is 29.9 Å². The van der Waals surface area contributed by atoms with Crippen LogP contribution in [0.2, 0.25) is 15.5 Å². The predicted octanol–water partition coefficient (Wildman–Crippen LogP) is 14.9. The molecule has 6 aromatic heterocycles. The summed E-state index contributed by atoms with van der Waals surface area (Å²) in [7, 11) is 4.94. The van der Waals surface area contributed by atoms with Gasteiger partial charge in [-0.25, -0.2) is 29.9 Å². The van der Waals surface area contributed by atoms with Crippen molar-refractivity contribution in [2.45, 2.75) is 19.5 Å². The molecule has 5 aromatic carbocycles. The second kappa shape index (κ2) is 26.5. The molecule has 11 aromatic rings. The van der Waals surface area contributed by atoms with Gasteiger partial charge in [0, 0.05) is 52.5 Å². The molecule has 392 valence electrons. The van der Waals surface area contributed by atoms with E-state index in [1.807, 2.05) is 152 Å². The first-order valence-corrected chi connectivity index (χ1v) is 26.1. The molecule has 0 fully saturated rings. The van der Waals surface area contributed by atoms with Gasteiger partial charge in [0.1, 0.15) is 50.2 Å². The molecule has 78 heavy (non-hydrogen) atoms. The maximum atomic E-state index is 6.40. The molecule has 13 nitrogen and oxygen atoms in total. The number of aromatic nitrogens is 6. The summed E-state index contributed by atoms with van der Waals surface area (Å²) in [5.41, 5.74) is 15.8. The molecule has 0 aliphatic rings. The van der Waals surface area contributed by atoms with Gasteiger partial charge < -0.3 is 35.9 Å². The van der Waals surface area contributed by atoms with Crippen molar-refractivity contribution < 1.29 is 14.2 Å². The quantitative estimate of drug-likeness (QED) is 0.0534. The first-order chi connectivity index (χ1) is 38.2. The lowest BCUT2D eigenvalue weighted by Crippen LogP contribution is -2.10. The summed E-state index contributed by atoms with van der Waals surface area (Å²) in [5, 5.41) is 14.1. The Balaban J connectivity index is 0.000000145. The van der Waals surface area contributed by atoms with E-state index in [-0.39, 0.29) is 0 Å². The molecule has 0 saturated heterocycles. The molecule has 0 amide bonds. The highest BCUT2D eigenvalue weighted by Gasteiger charge is 2.13. The summed E-state index contributed by atoms with van der Waals surface area (Å²) in [6.07, 6.45) is 0.875. The Morgan fingerprint density at radius 2 is 0.808 bits per heavy atom. The lowest BCUT2D eigenvalue weighted by atomic mass is 10.1. The first-order valence-electron chi connectivity index (χ1n) is 25.0. The predicted molar refractivity (Wildman–Crippen MR) is 319 cm³/mol. The molecule has 0 unspecified atom stereocenters. The normalized spacial score (nSPS) is 10.8. The lowest BCUT2D eigenvalue weighted by molar-refractivity contribution is 0.415. The van der Waals surface area contributed by atoms with Gasteiger partial charge >= 0.3 is 0 Å². The Hall–Kier alpha value is -8.59. The van der Waals surface area contributed by atoms with E-state index >= 15 is 0 Å². The number of rotatable bonds is 16. The summed E-state index contributed by atoms with van der Waals surface area (Å²) < 4.78 is 15.6. The summed E-state index contributed by atoms with van der Waals surface area (Å²) in [6.45, 7) is 2.83. The minimum absolute atomic E-state index is 0.414. The number of anilines is 3. The number of pyridine rings is 6. The van der Waals surface area contributed by atoms with E-state index in [1.165, 1.54) is 11.1 Å². The molecule has 0 bridgehead atoms. The van der Waals surface area contributed by atoms with E-state index in [0.29, 0.717) is 28.5 Å². The number of benzene rings is 5. The van der Waals surface area contributed by atoms with Gasteiger partial charge in [-0.15, -0.1) is 0 Å². The van der Waals surface area contributed by atoms with Crippen LogP contribution in [-0.2, 0) is 13.1 Å². The third kappa shape index (κ3) is 14.1. The molecule has 16 heteroatoms. The number of nitrogens with two attached hydrogens (primary N) is 1. The van der Waals surface area contributed by atoms with Crippen molar-refractivity contribution in [3.05, 3.63) is 215 Å². The number of ether oxygens (including phenoxy) is 3. The molecular formula is C62H55Cl3N10O3. The fourth-order valence-corrected chi connectivity index (χ4v) is 8.88. The number of fused-ring (bicyclic) bond motifs is 3. The highest BCUT2D eigenvalue weighted by molar-refractivity contribution is 6.35. The SMILES string of the molecule is COc1ccc(-c2cc3nc(Cl)ccc3c(Cl)n2)cc1.COc1ccc(-c2cc3nc(NCc4ccccc4)ccc3c(Cl)n2)cc1.COc1ccc(-c2cc3nc(NCc4ccccc4)ccc3c(NCCCN)n2)cc1. The summed E-state index contributed by atoms with van der Waals surface area (Å²) in [4.78, 5) is 27.6. The van der Waals surface area contributed by atoms with Gasteiger partial charge in [-0.3, -0.25) is 0 Å². The molecule has 6 heterocycles.